The fraction of sp³-hybridized carbons (Fsp3) is 0.800. The summed E-state index contributed by atoms with van der Waals surface area (Å²) in [4.78, 5) is 23.0. The molecule has 0 rings (SSSR count). The van der Waals surface area contributed by atoms with Gasteiger partial charge in [0.25, 0.3) is 5.60 Å². The largest absolute Gasteiger partial charge is 0.463 e. The highest BCUT2D eigenvalue weighted by Gasteiger charge is 2.45. The predicted molar refractivity (Wildman–Crippen MR) is 53.3 cm³/mol. The molecule has 0 spiro atoms. The van der Waals surface area contributed by atoms with Crippen molar-refractivity contribution in [3.8, 4) is 0 Å². The van der Waals surface area contributed by atoms with Crippen LogP contribution in [0.4, 0.5) is 0 Å². The summed E-state index contributed by atoms with van der Waals surface area (Å²) in [6.45, 7) is 6.99. The molecule has 0 aromatic rings. The van der Waals surface area contributed by atoms with Crippen LogP contribution in [0.3, 0.4) is 0 Å². The lowest BCUT2D eigenvalue weighted by molar-refractivity contribution is -0.187. The maximum atomic E-state index is 11.5. The monoisotopic (exact) mass is 218 g/mol. The van der Waals surface area contributed by atoms with Crippen LogP contribution in [0, 0.1) is 0 Å². The molecule has 0 N–H and O–H groups in total. The summed E-state index contributed by atoms with van der Waals surface area (Å²) in [5.74, 6) is -1.43. The first-order valence-corrected chi connectivity index (χ1v) is 5.01. The van der Waals surface area contributed by atoms with E-state index >= 15 is 0 Å². The van der Waals surface area contributed by atoms with Gasteiger partial charge in [-0.3, -0.25) is 0 Å². The number of hydrogen-bond acceptors (Lipinski definition) is 5. The molecule has 0 aliphatic carbocycles. The molecule has 0 unspecified atom stereocenters. The third-order valence-corrected chi connectivity index (χ3v) is 1.76. The second kappa shape index (κ2) is 6.40. The van der Waals surface area contributed by atoms with E-state index < -0.39 is 17.5 Å². The van der Waals surface area contributed by atoms with E-state index in [2.05, 4.69) is 0 Å². The van der Waals surface area contributed by atoms with Crippen LogP contribution in [0.1, 0.15) is 27.7 Å². The second-order valence-corrected chi connectivity index (χ2v) is 2.91. The maximum absolute atomic E-state index is 11.5. The molecule has 0 saturated carbocycles. The number of ether oxygens (including phenoxy) is 3. The third-order valence-electron chi connectivity index (χ3n) is 1.76. The average Bonchev–Trinajstić information content (AvgIpc) is 2.18. The van der Waals surface area contributed by atoms with Crippen molar-refractivity contribution in [1.82, 2.24) is 0 Å². The number of carbonyl (C=O) groups excluding carboxylic acids is 2. The molecular formula is C10H18O5. The normalized spacial score (nSPS) is 10.9. The maximum Gasteiger partial charge on any atom is 0.349 e. The molecular weight excluding hydrogens is 200 g/mol. The molecule has 15 heavy (non-hydrogen) atoms. The third kappa shape index (κ3) is 3.51. The zero-order valence-corrected chi connectivity index (χ0v) is 9.66. The Hall–Kier alpha value is -1.10. The standard InChI is InChI=1S/C10H18O5/c1-5-13-8(11)10(4,15-7-3)9(12)14-6-2/h5-7H2,1-4H3. The number of esters is 2. The van der Waals surface area contributed by atoms with Crippen LogP contribution in [-0.2, 0) is 23.8 Å². The Morgan fingerprint density at radius 1 is 0.933 bits per heavy atom. The zero-order chi connectivity index (χ0) is 11.9. The van der Waals surface area contributed by atoms with Gasteiger partial charge in [-0.05, 0) is 27.7 Å². The zero-order valence-electron chi connectivity index (χ0n) is 9.66. The molecule has 0 amide bonds. The van der Waals surface area contributed by atoms with Crippen molar-refractivity contribution >= 4 is 11.9 Å². The minimum atomic E-state index is -1.65. The van der Waals surface area contributed by atoms with Crippen LogP contribution in [0.5, 0.6) is 0 Å². The molecule has 0 aliphatic heterocycles. The Labute approximate surface area is 89.7 Å². The summed E-state index contributed by atoms with van der Waals surface area (Å²) in [6.07, 6.45) is 0. The fourth-order valence-electron chi connectivity index (χ4n) is 1.03. The fourth-order valence-corrected chi connectivity index (χ4v) is 1.03. The molecule has 0 aromatic heterocycles. The van der Waals surface area contributed by atoms with Crippen LogP contribution in [0.15, 0.2) is 0 Å². The van der Waals surface area contributed by atoms with Crippen molar-refractivity contribution in [2.24, 2.45) is 0 Å². The quantitative estimate of drug-likeness (QED) is 0.490. The Balaban J connectivity index is 4.70. The first-order valence-electron chi connectivity index (χ1n) is 5.01. The van der Waals surface area contributed by atoms with E-state index in [9.17, 15) is 9.59 Å². The summed E-state index contributed by atoms with van der Waals surface area (Å²) in [6, 6.07) is 0. The van der Waals surface area contributed by atoms with Gasteiger partial charge in [-0.1, -0.05) is 0 Å². The van der Waals surface area contributed by atoms with E-state index in [4.69, 9.17) is 14.2 Å². The molecule has 88 valence electrons. The number of hydrogen-bond donors (Lipinski definition) is 0. The van der Waals surface area contributed by atoms with Gasteiger partial charge in [-0.25, -0.2) is 9.59 Å². The SMILES string of the molecule is CCOC(=O)C(C)(OCC)C(=O)OCC. The highest BCUT2D eigenvalue weighted by molar-refractivity contribution is 6.03. The van der Waals surface area contributed by atoms with E-state index in [1.54, 1.807) is 20.8 Å². The molecule has 0 saturated heterocycles. The van der Waals surface area contributed by atoms with Crippen molar-refractivity contribution < 1.29 is 23.8 Å². The first kappa shape index (κ1) is 13.9. The molecule has 5 nitrogen and oxygen atoms in total. The van der Waals surface area contributed by atoms with Gasteiger partial charge in [0.2, 0.25) is 0 Å². The summed E-state index contributed by atoms with van der Waals surface area (Å²) < 4.78 is 14.6. The highest BCUT2D eigenvalue weighted by Crippen LogP contribution is 2.15. The van der Waals surface area contributed by atoms with Gasteiger partial charge < -0.3 is 14.2 Å². The Kier molecular flexibility index (Phi) is 5.93. The van der Waals surface area contributed by atoms with Crippen LogP contribution >= 0.6 is 0 Å². The molecule has 5 heteroatoms. The Morgan fingerprint density at radius 3 is 1.60 bits per heavy atom. The molecule has 0 aromatic carbocycles. The lowest BCUT2D eigenvalue weighted by Crippen LogP contribution is -2.48. The van der Waals surface area contributed by atoms with Crippen LogP contribution < -0.4 is 0 Å². The second-order valence-electron chi connectivity index (χ2n) is 2.91. The molecule has 0 aliphatic rings. The molecule has 0 heterocycles. The molecule has 0 bridgehead atoms. The minimum Gasteiger partial charge on any atom is -0.463 e. The summed E-state index contributed by atoms with van der Waals surface area (Å²) >= 11 is 0. The topological polar surface area (TPSA) is 61.8 Å². The van der Waals surface area contributed by atoms with E-state index in [0.717, 1.165) is 0 Å². The van der Waals surface area contributed by atoms with E-state index in [1.807, 2.05) is 0 Å². The molecule has 0 fully saturated rings. The van der Waals surface area contributed by atoms with Gasteiger partial charge >= 0.3 is 11.9 Å². The summed E-state index contributed by atoms with van der Waals surface area (Å²) in [5.41, 5.74) is -1.65. The van der Waals surface area contributed by atoms with E-state index in [0.29, 0.717) is 0 Å². The average molecular weight is 218 g/mol. The smallest absolute Gasteiger partial charge is 0.349 e. The summed E-state index contributed by atoms with van der Waals surface area (Å²) in [5, 5.41) is 0. The molecule has 0 radical (unpaired) electrons. The van der Waals surface area contributed by atoms with E-state index in [-0.39, 0.29) is 19.8 Å². The van der Waals surface area contributed by atoms with Gasteiger partial charge in [0.1, 0.15) is 0 Å². The van der Waals surface area contributed by atoms with Gasteiger partial charge in [-0.15, -0.1) is 0 Å². The molecule has 0 atom stereocenters. The van der Waals surface area contributed by atoms with Crippen LogP contribution in [0.2, 0.25) is 0 Å². The van der Waals surface area contributed by atoms with Crippen LogP contribution in [0.25, 0.3) is 0 Å². The van der Waals surface area contributed by atoms with Crippen LogP contribution in [-0.4, -0.2) is 37.4 Å². The van der Waals surface area contributed by atoms with Crippen molar-refractivity contribution in [3.63, 3.8) is 0 Å². The van der Waals surface area contributed by atoms with Crippen molar-refractivity contribution in [2.75, 3.05) is 19.8 Å². The van der Waals surface area contributed by atoms with Crippen molar-refractivity contribution in [1.29, 1.82) is 0 Å². The van der Waals surface area contributed by atoms with Gasteiger partial charge in [0.15, 0.2) is 0 Å². The Bertz CT molecular complexity index is 206. The summed E-state index contributed by atoms with van der Waals surface area (Å²) in [7, 11) is 0. The van der Waals surface area contributed by atoms with Gasteiger partial charge in [0, 0.05) is 6.61 Å². The van der Waals surface area contributed by atoms with Crippen molar-refractivity contribution in [2.45, 2.75) is 33.3 Å². The predicted octanol–water partition coefficient (Wildman–Crippen LogP) is 0.908. The number of carbonyl (C=O) groups is 2. The van der Waals surface area contributed by atoms with Gasteiger partial charge in [-0.2, -0.15) is 0 Å². The number of rotatable bonds is 6. The Morgan fingerprint density at radius 2 is 1.33 bits per heavy atom. The first-order chi connectivity index (χ1) is 7.02. The lowest BCUT2D eigenvalue weighted by atomic mass is 10.1. The van der Waals surface area contributed by atoms with E-state index in [1.165, 1.54) is 6.92 Å². The highest BCUT2D eigenvalue weighted by atomic mass is 16.6. The van der Waals surface area contributed by atoms with Gasteiger partial charge in [0.05, 0.1) is 13.2 Å². The lowest BCUT2D eigenvalue weighted by Gasteiger charge is -2.24. The minimum absolute atomic E-state index is 0.195. The van der Waals surface area contributed by atoms with Crippen molar-refractivity contribution in [3.05, 3.63) is 0 Å².